The van der Waals surface area contributed by atoms with Crippen molar-refractivity contribution in [3.8, 4) is 5.75 Å². The minimum absolute atomic E-state index is 0.102. The van der Waals surface area contributed by atoms with Crippen LogP contribution in [-0.2, 0) is 14.6 Å². The summed E-state index contributed by atoms with van der Waals surface area (Å²) in [5.41, 5.74) is 1.69. The fourth-order valence-electron chi connectivity index (χ4n) is 2.39. The Labute approximate surface area is 154 Å². The molecule has 0 spiro atoms. The molecule has 5 nitrogen and oxygen atoms in total. The van der Waals surface area contributed by atoms with E-state index in [0.29, 0.717) is 6.61 Å². The topological polar surface area (TPSA) is 63.7 Å². The maximum atomic E-state index is 12.9. The van der Waals surface area contributed by atoms with Crippen LogP contribution in [-0.4, -0.2) is 27.9 Å². The van der Waals surface area contributed by atoms with Crippen LogP contribution in [0.4, 0.5) is 5.69 Å². The van der Waals surface area contributed by atoms with Crippen molar-refractivity contribution >= 4 is 21.3 Å². The van der Waals surface area contributed by atoms with Gasteiger partial charge in [0.25, 0.3) is 0 Å². The predicted molar refractivity (Wildman–Crippen MR) is 103 cm³/mol. The van der Waals surface area contributed by atoms with Crippen LogP contribution in [0.5, 0.6) is 5.75 Å². The van der Waals surface area contributed by atoms with E-state index in [-0.39, 0.29) is 9.80 Å². The molecule has 0 atom stereocenters. The van der Waals surface area contributed by atoms with Gasteiger partial charge in [0.05, 0.1) is 11.5 Å². The molecule has 0 saturated carbocycles. The van der Waals surface area contributed by atoms with Gasteiger partial charge in [0.2, 0.25) is 9.84 Å². The highest BCUT2D eigenvalue weighted by Crippen LogP contribution is 2.24. The van der Waals surface area contributed by atoms with Crippen molar-refractivity contribution in [1.29, 1.82) is 0 Å². The van der Waals surface area contributed by atoms with E-state index in [0.717, 1.165) is 17.0 Å². The normalized spacial score (nSPS) is 11.9. The summed E-state index contributed by atoms with van der Waals surface area (Å²) in [4.78, 5) is 13.5. The summed E-state index contributed by atoms with van der Waals surface area (Å²) in [6.45, 7) is 5.59. The molecule has 0 aliphatic rings. The monoisotopic (exact) mass is 373 g/mol. The van der Waals surface area contributed by atoms with Crippen LogP contribution >= 0.6 is 0 Å². The number of nitrogens with zero attached hydrogens (tertiary/aromatic N) is 1. The van der Waals surface area contributed by atoms with Crippen molar-refractivity contribution < 1.29 is 17.9 Å². The molecular formula is C20H23NO4S. The van der Waals surface area contributed by atoms with Gasteiger partial charge in [-0.3, -0.25) is 4.79 Å². The average Bonchev–Trinajstić information content (AvgIpc) is 2.60. The number of carbonyl (C=O) groups is 1. The summed E-state index contributed by atoms with van der Waals surface area (Å²) in [5.74, 6) is 0.219. The SMILES string of the molecule is CCOc1ccc(N(C)C=C(C(C)=O)S(=O)(=O)c2ccc(C)cc2)cc1. The largest absolute Gasteiger partial charge is 0.494 e. The summed E-state index contributed by atoms with van der Waals surface area (Å²) in [6, 6.07) is 13.6. The molecule has 0 heterocycles. The molecule has 0 amide bonds. The number of benzene rings is 2. The van der Waals surface area contributed by atoms with E-state index in [1.54, 1.807) is 48.3 Å². The summed E-state index contributed by atoms with van der Waals surface area (Å²) in [6.07, 6.45) is 1.35. The second-order valence-corrected chi connectivity index (χ2v) is 7.82. The van der Waals surface area contributed by atoms with E-state index < -0.39 is 15.6 Å². The first-order chi connectivity index (χ1) is 12.3. The number of ketones is 1. The molecule has 0 radical (unpaired) electrons. The van der Waals surface area contributed by atoms with Crippen molar-refractivity contribution in [2.45, 2.75) is 25.7 Å². The predicted octanol–water partition coefficient (Wildman–Crippen LogP) is 3.73. The molecule has 0 aliphatic carbocycles. The first-order valence-corrected chi connectivity index (χ1v) is 9.74. The lowest BCUT2D eigenvalue weighted by molar-refractivity contribution is -0.113. The molecule has 0 fully saturated rings. The molecule has 0 saturated heterocycles. The number of sulfone groups is 1. The lowest BCUT2D eigenvalue weighted by Gasteiger charge is -2.17. The minimum Gasteiger partial charge on any atom is -0.494 e. The van der Waals surface area contributed by atoms with E-state index in [1.807, 2.05) is 13.8 Å². The van der Waals surface area contributed by atoms with E-state index >= 15 is 0 Å². The first kappa shape index (κ1) is 19.7. The van der Waals surface area contributed by atoms with Gasteiger partial charge in [0.15, 0.2) is 5.78 Å². The Kier molecular flexibility index (Phi) is 6.21. The second-order valence-electron chi connectivity index (χ2n) is 5.90. The molecule has 6 heteroatoms. The molecule has 2 rings (SSSR count). The number of hydrogen-bond acceptors (Lipinski definition) is 5. The number of aryl methyl sites for hydroxylation is 1. The molecule has 0 N–H and O–H groups in total. The molecule has 26 heavy (non-hydrogen) atoms. The third kappa shape index (κ3) is 4.52. The molecule has 0 aromatic heterocycles. The zero-order valence-electron chi connectivity index (χ0n) is 15.4. The van der Waals surface area contributed by atoms with Crippen LogP contribution in [0.25, 0.3) is 0 Å². The van der Waals surface area contributed by atoms with E-state index in [2.05, 4.69) is 0 Å². The smallest absolute Gasteiger partial charge is 0.211 e. The van der Waals surface area contributed by atoms with Crippen LogP contribution in [0.15, 0.2) is 64.5 Å². The van der Waals surface area contributed by atoms with Crippen LogP contribution in [0, 0.1) is 6.92 Å². The molecule has 0 unspecified atom stereocenters. The Morgan fingerprint density at radius 1 is 1.08 bits per heavy atom. The molecule has 0 aliphatic heterocycles. The Hall–Kier alpha value is -2.60. The summed E-state index contributed by atoms with van der Waals surface area (Å²) < 4.78 is 31.1. The summed E-state index contributed by atoms with van der Waals surface area (Å²) >= 11 is 0. The van der Waals surface area contributed by atoms with Gasteiger partial charge < -0.3 is 9.64 Å². The third-order valence-corrected chi connectivity index (χ3v) is 5.70. The number of anilines is 1. The molecule has 2 aromatic carbocycles. The van der Waals surface area contributed by atoms with E-state index in [9.17, 15) is 13.2 Å². The minimum atomic E-state index is -3.89. The van der Waals surface area contributed by atoms with E-state index in [1.165, 1.54) is 25.3 Å². The van der Waals surface area contributed by atoms with Crippen molar-refractivity contribution in [2.75, 3.05) is 18.6 Å². The first-order valence-electron chi connectivity index (χ1n) is 8.26. The Balaban J connectivity index is 2.38. The standard InChI is InChI=1S/C20H23NO4S/c1-5-25-18-10-8-17(9-11-18)21(4)14-20(16(3)22)26(23,24)19-12-6-15(2)7-13-19/h6-14H,5H2,1-4H3. The highest BCUT2D eigenvalue weighted by Gasteiger charge is 2.25. The van der Waals surface area contributed by atoms with Gasteiger partial charge in [-0.15, -0.1) is 0 Å². The maximum Gasteiger partial charge on any atom is 0.211 e. The van der Waals surface area contributed by atoms with Crippen LogP contribution in [0.2, 0.25) is 0 Å². The number of carbonyl (C=O) groups excluding carboxylic acids is 1. The average molecular weight is 373 g/mol. The quantitative estimate of drug-likeness (QED) is 0.692. The Morgan fingerprint density at radius 2 is 1.65 bits per heavy atom. The fourth-order valence-corrected chi connectivity index (χ4v) is 3.81. The lowest BCUT2D eigenvalue weighted by atomic mass is 10.2. The van der Waals surface area contributed by atoms with Gasteiger partial charge in [-0.1, -0.05) is 17.7 Å². The maximum absolute atomic E-state index is 12.9. The van der Waals surface area contributed by atoms with Crippen molar-refractivity contribution in [1.82, 2.24) is 0 Å². The van der Waals surface area contributed by atoms with Gasteiger partial charge in [0, 0.05) is 18.9 Å². The second kappa shape index (κ2) is 8.19. The fraction of sp³-hybridized carbons (Fsp3) is 0.250. The Morgan fingerprint density at radius 3 is 2.15 bits per heavy atom. The highest BCUT2D eigenvalue weighted by molar-refractivity contribution is 7.96. The zero-order chi connectivity index (χ0) is 19.3. The van der Waals surface area contributed by atoms with Crippen molar-refractivity contribution in [2.24, 2.45) is 0 Å². The number of rotatable bonds is 7. The number of allylic oxidation sites excluding steroid dienone is 1. The summed E-state index contributed by atoms with van der Waals surface area (Å²) in [5, 5.41) is 0. The molecular weight excluding hydrogens is 350 g/mol. The van der Waals surface area contributed by atoms with Gasteiger partial charge in [-0.25, -0.2) is 8.42 Å². The van der Waals surface area contributed by atoms with E-state index in [4.69, 9.17) is 4.74 Å². The lowest BCUT2D eigenvalue weighted by Crippen LogP contribution is -2.17. The van der Waals surface area contributed by atoms with Gasteiger partial charge >= 0.3 is 0 Å². The number of Topliss-reactive ketones (excluding diaryl/α,β-unsaturated/α-hetero) is 1. The third-order valence-electron chi connectivity index (χ3n) is 3.83. The number of ether oxygens (including phenoxy) is 1. The van der Waals surface area contributed by atoms with Crippen LogP contribution in [0.1, 0.15) is 19.4 Å². The van der Waals surface area contributed by atoms with Crippen LogP contribution in [0.3, 0.4) is 0 Å². The highest BCUT2D eigenvalue weighted by atomic mass is 32.2. The number of hydrogen-bond donors (Lipinski definition) is 0. The zero-order valence-corrected chi connectivity index (χ0v) is 16.2. The van der Waals surface area contributed by atoms with Crippen molar-refractivity contribution in [3.05, 3.63) is 65.2 Å². The molecule has 2 aromatic rings. The molecule has 0 bridgehead atoms. The summed E-state index contributed by atoms with van der Waals surface area (Å²) in [7, 11) is -2.19. The molecule has 138 valence electrons. The van der Waals surface area contributed by atoms with Gasteiger partial charge in [-0.05, 0) is 57.2 Å². The Bertz CT molecular complexity index is 898. The van der Waals surface area contributed by atoms with Crippen LogP contribution < -0.4 is 9.64 Å². The van der Waals surface area contributed by atoms with Gasteiger partial charge in [0.1, 0.15) is 10.7 Å². The van der Waals surface area contributed by atoms with Gasteiger partial charge in [-0.2, -0.15) is 0 Å². The van der Waals surface area contributed by atoms with Crippen molar-refractivity contribution in [3.63, 3.8) is 0 Å².